The van der Waals surface area contributed by atoms with Gasteiger partial charge in [-0.25, -0.2) is 23.4 Å². The van der Waals surface area contributed by atoms with E-state index in [0.717, 1.165) is 36.9 Å². The number of hydrogen-bond donors (Lipinski definition) is 1. The van der Waals surface area contributed by atoms with Gasteiger partial charge in [0.1, 0.15) is 28.7 Å². The average Bonchev–Trinajstić information content (AvgIpc) is 3.93. The lowest BCUT2D eigenvalue weighted by Crippen LogP contribution is -2.31. The molecule has 3 heterocycles. The molecule has 0 saturated heterocycles. The Morgan fingerprint density at radius 3 is 2.15 bits per heavy atom. The van der Waals surface area contributed by atoms with Crippen molar-refractivity contribution in [3.8, 4) is 28.7 Å². The standard InChI is InChI=1S/C29H33N7O4S/c1-17(27-30-15-21(16-31-27)19-11-12-19)18(2)41(37,38)35-29-34-33-28(23-8-5-7-22(32-23)20-13-14-20)36(29)26-24(39-3)9-6-10-25(26)40-4/h5-10,15-20H,11-14H2,1-4H3,(H,34,35)/t17-,18-/m0/s1. The lowest BCUT2D eigenvalue weighted by molar-refractivity contribution is 0.391. The Balaban J connectivity index is 1.39. The number of hydrogen-bond acceptors (Lipinski definition) is 9. The summed E-state index contributed by atoms with van der Waals surface area (Å²) in [6, 6.07) is 11.1. The van der Waals surface area contributed by atoms with Gasteiger partial charge in [0.05, 0.1) is 19.5 Å². The van der Waals surface area contributed by atoms with Crippen molar-refractivity contribution in [1.82, 2.24) is 29.7 Å². The second kappa shape index (κ2) is 10.7. The van der Waals surface area contributed by atoms with Gasteiger partial charge < -0.3 is 9.47 Å². The van der Waals surface area contributed by atoms with E-state index in [-0.39, 0.29) is 5.95 Å². The molecule has 11 nitrogen and oxygen atoms in total. The molecule has 1 aromatic carbocycles. The van der Waals surface area contributed by atoms with Crippen molar-refractivity contribution in [3.63, 3.8) is 0 Å². The molecule has 6 rings (SSSR count). The predicted octanol–water partition coefficient (Wildman–Crippen LogP) is 4.83. The third-order valence-corrected chi connectivity index (χ3v) is 9.71. The highest BCUT2D eigenvalue weighted by Crippen LogP contribution is 2.41. The first-order valence-electron chi connectivity index (χ1n) is 13.8. The quantitative estimate of drug-likeness (QED) is 0.267. The maximum Gasteiger partial charge on any atom is 0.243 e. The van der Waals surface area contributed by atoms with Gasteiger partial charge >= 0.3 is 0 Å². The summed E-state index contributed by atoms with van der Waals surface area (Å²) in [7, 11) is -0.904. The van der Waals surface area contributed by atoms with Crippen LogP contribution in [0.3, 0.4) is 0 Å². The average molecular weight is 576 g/mol. The van der Waals surface area contributed by atoms with Crippen LogP contribution in [0.25, 0.3) is 17.2 Å². The van der Waals surface area contributed by atoms with Crippen LogP contribution in [-0.4, -0.2) is 57.6 Å². The molecule has 2 saturated carbocycles. The minimum Gasteiger partial charge on any atom is -0.494 e. The summed E-state index contributed by atoms with van der Waals surface area (Å²) in [5.41, 5.74) is 3.08. The zero-order valence-corrected chi connectivity index (χ0v) is 24.3. The zero-order chi connectivity index (χ0) is 28.7. The lowest BCUT2D eigenvalue weighted by atomic mass is 10.1. The number of sulfonamides is 1. The maximum absolute atomic E-state index is 13.8. The Morgan fingerprint density at radius 2 is 1.54 bits per heavy atom. The van der Waals surface area contributed by atoms with Crippen LogP contribution >= 0.6 is 0 Å². The molecule has 2 atom stereocenters. The van der Waals surface area contributed by atoms with Crippen molar-refractivity contribution in [3.05, 3.63) is 65.9 Å². The Morgan fingerprint density at radius 1 is 0.902 bits per heavy atom. The molecule has 0 aliphatic heterocycles. The van der Waals surface area contributed by atoms with Gasteiger partial charge in [-0.15, -0.1) is 10.2 Å². The number of nitrogens with one attached hydrogen (secondary N) is 1. The largest absolute Gasteiger partial charge is 0.494 e. The van der Waals surface area contributed by atoms with Gasteiger partial charge in [-0.05, 0) is 68.4 Å². The number of ether oxygens (including phenoxy) is 2. The van der Waals surface area contributed by atoms with Crippen molar-refractivity contribution < 1.29 is 17.9 Å². The van der Waals surface area contributed by atoms with Gasteiger partial charge in [-0.1, -0.05) is 19.1 Å². The number of benzene rings is 1. The maximum atomic E-state index is 13.8. The van der Waals surface area contributed by atoms with E-state index in [0.29, 0.717) is 46.4 Å². The molecule has 4 aromatic rings. The number of pyridine rings is 1. The Hall–Kier alpha value is -4.06. The monoisotopic (exact) mass is 575 g/mol. The van der Waals surface area contributed by atoms with E-state index in [2.05, 4.69) is 24.9 Å². The molecule has 2 aliphatic carbocycles. The topological polar surface area (TPSA) is 134 Å². The van der Waals surface area contributed by atoms with Crippen molar-refractivity contribution >= 4 is 16.0 Å². The predicted molar refractivity (Wildman–Crippen MR) is 154 cm³/mol. The molecule has 0 unspecified atom stereocenters. The minimum absolute atomic E-state index is 0.00882. The van der Waals surface area contributed by atoms with Gasteiger partial charge in [-0.2, -0.15) is 0 Å². The number of anilines is 1. The fraction of sp³-hybridized carbons (Fsp3) is 0.414. The Kier molecular flexibility index (Phi) is 7.10. The molecular weight excluding hydrogens is 542 g/mol. The van der Waals surface area contributed by atoms with Gasteiger partial charge in [0.2, 0.25) is 16.0 Å². The highest BCUT2D eigenvalue weighted by atomic mass is 32.2. The number of rotatable bonds is 11. The smallest absolute Gasteiger partial charge is 0.243 e. The lowest BCUT2D eigenvalue weighted by Gasteiger charge is -2.21. The van der Waals surface area contributed by atoms with E-state index in [1.165, 1.54) is 14.2 Å². The van der Waals surface area contributed by atoms with Crippen molar-refractivity contribution in [1.29, 1.82) is 0 Å². The van der Waals surface area contributed by atoms with Crippen molar-refractivity contribution in [2.24, 2.45) is 0 Å². The summed E-state index contributed by atoms with van der Waals surface area (Å²) in [6.07, 6.45) is 8.10. The number of methoxy groups -OCH3 is 2. The van der Waals surface area contributed by atoms with E-state index in [9.17, 15) is 8.42 Å². The molecule has 12 heteroatoms. The van der Waals surface area contributed by atoms with Gasteiger partial charge in [0.25, 0.3) is 0 Å². The molecule has 0 bridgehead atoms. The summed E-state index contributed by atoms with van der Waals surface area (Å²) in [5, 5.41) is 7.81. The van der Waals surface area contributed by atoms with Crippen LogP contribution in [0, 0.1) is 0 Å². The molecule has 1 N–H and O–H groups in total. The van der Waals surface area contributed by atoms with Gasteiger partial charge in [-0.3, -0.25) is 9.29 Å². The van der Waals surface area contributed by atoms with Crippen LogP contribution in [0.2, 0.25) is 0 Å². The number of nitrogens with zero attached hydrogens (tertiary/aromatic N) is 6. The number of para-hydroxylation sites is 1. The Labute approximate surface area is 239 Å². The Bertz CT molecular complexity index is 1640. The van der Waals surface area contributed by atoms with Crippen molar-refractivity contribution in [2.45, 2.75) is 62.5 Å². The van der Waals surface area contributed by atoms with E-state index < -0.39 is 21.2 Å². The fourth-order valence-electron chi connectivity index (χ4n) is 4.87. The normalized spacial score (nSPS) is 16.7. The molecule has 2 fully saturated rings. The summed E-state index contributed by atoms with van der Waals surface area (Å²) in [4.78, 5) is 13.8. The molecule has 2 aliphatic rings. The third-order valence-electron chi connectivity index (χ3n) is 7.86. The van der Waals surface area contributed by atoms with Gasteiger partial charge in [0, 0.05) is 29.9 Å². The van der Waals surface area contributed by atoms with E-state index >= 15 is 0 Å². The zero-order valence-electron chi connectivity index (χ0n) is 23.5. The van der Waals surface area contributed by atoms with E-state index in [1.54, 1.807) is 29.7 Å². The van der Waals surface area contributed by atoms with Gasteiger partial charge in [0.15, 0.2) is 5.82 Å². The first kappa shape index (κ1) is 27.1. The summed E-state index contributed by atoms with van der Waals surface area (Å²) < 4.78 is 43.1. The molecular formula is C29H33N7O4S. The van der Waals surface area contributed by atoms with E-state index in [1.807, 2.05) is 37.5 Å². The summed E-state index contributed by atoms with van der Waals surface area (Å²) in [5.74, 6) is 2.20. The first-order chi connectivity index (χ1) is 19.8. The minimum atomic E-state index is -3.98. The molecule has 0 radical (unpaired) electrons. The van der Waals surface area contributed by atoms with Crippen LogP contribution in [-0.2, 0) is 10.0 Å². The molecule has 0 spiro atoms. The molecule has 214 valence electrons. The SMILES string of the molecule is COc1cccc(OC)c1-n1c(NS(=O)(=O)[C@@H](C)[C@H](C)c2ncc(C3CC3)cn2)nnc1-c1cccc(C2CC2)n1. The highest BCUT2D eigenvalue weighted by molar-refractivity contribution is 7.93. The molecule has 3 aromatic heterocycles. The van der Waals surface area contributed by atoms with Crippen LogP contribution in [0.4, 0.5) is 5.95 Å². The van der Waals surface area contributed by atoms with E-state index in [4.69, 9.17) is 14.5 Å². The fourth-order valence-corrected chi connectivity index (χ4v) is 6.10. The number of aromatic nitrogens is 6. The first-order valence-corrected chi connectivity index (χ1v) is 15.3. The second-order valence-corrected chi connectivity index (χ2v) is 12.7. The van der Waals surface area contributed by atoms with Crippen LogP contribution in [0.1, 0.15) is 74.4 Å². The summed E-state index contributed by atoms with van der Waals surface area (Å²) in [6.45, 7) is 3.44. The van der Waals surface area contributed by atoms with Crippen molar-refractivity contribution in [2.75, 3.05) is 18.9 Å². The second-order valence-electron chi connectivity index (χ2n) is 10.7. The van der Waals surface area contributed by atoms with Crippen LogP contribution < -0.4 is 14.2 Å². The molecule has 41 heavy (non-hydrogen) atoms. The van der Waals surface area contributed by atoms with Crippen LogP contribution in [0.15, 0.2) is 48.8 Å². The van der Waals surface area contributed by atoms with Crippen LogP contribution in [0.5, 0.6) is 11.5 Å². The highest BCUT2D eigenvalue weighted by Gasteiger charge is 2.33. The third kappa shape index (κ3) is 5.35. The summed E-state index contributed by atoms with van der Waals surface area (Å²) >= 11 is 0. The molecule has 0 amide bonds.